The van der Waals surface area contributed by atoms with E-state index < -0.39 is 9.84 Å². The molecule has 0 saturated carbocycles. The van der Waals surface area contributed by atoms with Gasteiger partial charge < -0.3 is 5.73 Å². The third-order valence-electron chi connectivity index (χ3n) is 1.87. The van der Waals surface area contributed by atoms with Crippen molar-refractivity contribution in [2.75, 3.05) is 6.26 Å². The first kappa shape index (κ1) is 13.1. The summed E-state index contributed by atoms with van der Waals surface area (Å²) in [6.07, 6.45) is 1.16. The van der Waals surface area contributed by atoms with Gasteiger partial charge in [-0.05, 0) is 5.92 Å². The molecule has 0 aliphatic heterocycles. The summed E-state index contributed by atoms with van der Waals surface area (Å²) in [6.45, 7) is 3.87. The van der Waals surface area contributed by atoms with Crippen molar-refractivity contribution in [3.05, 3.63) is 15.6 Å². The molecule has 0 aromatic carbocycles. The summed E-state index contributed by atoms with van der Waals surface area (Å²) in [7, 11) is -3.10. The molecule has 0 bridgehead atoms. The summed E-state index contributed by atoms with van der Waals surface area (Å²) in [5.41, 5.74) is 6.14. The number of nitrogen functional groups attached to an aromatic ring is 1. The van der Waals surface area contributed by atoms with Gasteiger partial charge in [-0.2, -0.15) is 0 Å². The molecule has 90 valence electrons. The fourth-order valence-corrected chi connectivity index (χ4v) is 3.51. The fraction of sp³-hybridized carbons (Fsp3) is 0.556. The number of amidine groups is 1. The average Bonchev–Trinajstić information content (AvgIpc) is 2.44. The van der Waals surface area contributed by atoms with E-state index in [4.69, 9.17) is 11.1 Å². The van der Waals surface area contributed by atoms with Crippen molar-refractivity contribution < 1.29 is 8.42 Å². The standard InChI is InChI=1S/C9H15N3O2S2/c1-5(2)7-8(9(10)11)15-6(12-7)4-16(3,13)14/h5H,4H2,1-3H3,(H3,10,11). The molecule has 1 heterocycles. The van der Waals surface area contributed by atoms with E-state index in [1.807, 2.05) is 13.8 Å². The molecule has 0 radical (unpaired) electrons. The lowest BCUT2D eigenvalue weighted by molar-refractivity contribution is 0.601. The topological polar surface area (TPSA) is 96.9 Å². The Morgan fingerprint density at radius 1 is 1.56 bits per heavy atom. The van der Waals surface area contributed by atoms with E-state index in [1.165, 1.54) is 11.3 Å². The van der Waals surface area contributed by atoms with E-state index in [0.717, 1.165) is 6.26 Å². The molecule has 5 nitrogen and oxygen atoms in total. The van der Waals surface area contributed by atoms with Crippen LogP contribution < -0.4 is 5.73 Å². The van der Waals surface area contributed by atoms with E-state index in [0.29, 0.717) is 15.6 Å². The SMILES string of the molecule is CC(C)c1nc(CS(C)(=O)=O)sc1C(=N)N. The maximum Gasteiger partial charge on any atom is 0.153 e. The Morgan fingerprint density at radius 2 is 2.12 bits per heavy atom. The van der Waals surface area contributed by atoms with Crippen molar-refractivity contribution in [1.82, 2.24) is 4.98 Å². The minimum Gasteiger partial charge on any atom is -0.383 e. The number of nitrogens with one attached hydrogen (secondary N) is 1. The molecule has 0 unspecified atom stereocenters. The third kappa shape index (κ3) is 3.28. The lowest BCUT2D eigenvalue weighted by Crippen LogP contribution is -2.12. The summed E-state index contributed by atoms with van der Waals surface area (Å²) >= 11 is 1.18. The van der Waals surface area contributed by atoms with E-state index in [-0.39, 0.29) is 17.5 Å². The van der Waals surface area contributed by atoms with Gasteiger partial charge in [-0.15, -0.1) is 11.3 Å². The molecule has 0 atom stereocenters. The summed E-state index contributed by atoms with van der Waals surface area (Å²) < 4.78 is 22.3. The highest BCUT2D eigenvalue weighted by atomic mass is 32.2. The molecule has 0 spiro atoms. The maximum atomic E-state index is 11.1. The van der Waals surface area contributed by atoms with Crippen molar-refractivity contribution in [3.8, 4) is 0 Å². The van der Waals surface area contributed by atoms with Crippen LogP contribution >= 0.6 is 11.3 Å². The lowest BCUT2D eigenvalue weighted by atomic mass is 10.1. The molecule has 1 rings (SSSR count). The summed E-state index contributed by atoms with van der Waals surface area (Å²) in [5, 5.41) is 7.91. The molecule has 0 saturated heterocycles. The highest BCUT2D eigenvalue weighted by Crippen LogP contribution is 2.25. The molecule has 3 N–H and O–H groups in total. The highest BCUT2D eigenvalue weighted by molar-refractivity contribution is 7.90. The monoisotopic (exact) mass is 261 g/mol. The molecule has 0 amide bonds. The second-order valence-corrected chi connectivity index (χ2v) is 7.18. The molecular weight excluding hydrogens is 246 g/mol. The molecule has 0 fully saturated rings. The van der Waals surface area contributed by atoms with Gasteiger partial charge in [0.25, 0.3) is 0 Å². The van der Waals surface area contributed by atoms with Gasteiger partial charge in [-0.25, -0.2) is 13.4 Å². The van der Waals surface area contributed by atoms with Crippen molar-refractivity contribution >= 4 is 27.0 Å². The van der Waals surface area contributed by atoms with E-state index in [2.05, 4.69) is 4.98 Å². The van der Waals surface area contributed by atoms with Crippen molar-refractivity contribution in [2.45, 2.75) is 25.5 Å². The molecule has 16 heavy (non-hydrogen) atoms. The second-order valence-electron chi connectivity index (χ2n) is 3.96. The van der Waals surface area contributed by atoms with Gasteiger partial charge in [0.05, 0.1) is 10.6 Å². The zero-order chi connectivity index (χ0) is 12.5. The van der Waals surface area contributed by atoms with Crippen LogP contribution in [-0.2, 0) is 15.6 Å². The van der Waals surface area contributed by atoms with Gasteiger partial charge in [0.1, 0.15) is 16.6 Å². The fourth-order valence-electron chi connectivity index (χ4n) is 1.25. The zero-order valence-electron chi connectivity index (χ0n) is 9.44. The van der Waals surface area contributed by atoms with Crippen molar-refractivity contribution in [3.63, 3.8) is 0 Å². The van der Waals surface area contributed by atoms with Crippen LogP contribution in [-0.4, -0.2) is 25.5 Å². The lowest BCUT2D eigenvalue weighted by Gasteiger charge is -2.02. The minimum atomic E-state index is -3.10. The van der Waals surface area contributed by atoms with E-state index in [9.17, 15) is 8.42 Å². The molecule has 7 heteroatoms. The first-order valence-corrected chi connectivity index (χ1v) is 7.60. The van der Waals surface area contributed by atoms with Crippen LogP contribution in [0.5, 0.6) is 0 Å². The number of rotatable bonds is 4. The number of nitrogens with two attached hydrogens (primary N) is 1. The number of hydrogen-bond donors (Lipinski definition) is 2. The van der Waals surface area contributed by atoms with Crippen LogP contribution in [0.1, 0.15) is 35.3 Å². The van der Waals surface area contributed by atoms with Crippen LogP contribution in [0.25, 0.3) is 0 Å². The van der Waals surface area contributed by atoms with Crippen molar-refractivity contribution in [1.29, 1.82) is 5.41 Å². The highest BCUT2D eigenvalue weighted by Gasteiger charge is 2.18. The number of thiazole rings is 1. The predicted octanol–water partition coefficient (Wildman–Crippen LogP) is 1.10. The first-order valence-electron chi connectivity index (χ1n) is 4.72. The average molecular weight is 261 g/mol. The van der Waals surface area contributed by atoms with Crippen LogP contribution in [0.15, 0.2) is 0 Å². The number of sulfone groups is 1. The van der Waals surface area contributed by atoms with Gasteiger partial charge >= 0.3 is 0 Å². The molecular formula is C9H15N3O2S2. The van der Waals surface area contributed by atoms with Crippen LogP contribution in [0, 0.1) is 5.41 Å². The van der Waals surface area contributed by atoms with E-state index in [1.54, 1.807) is 0 Å². The van der Waals surface area contributed by atoms with Gasteiger partial charge in [-0.3, -0.25) is 5.41 Å². The van der Waals surface area contributed by atoms with Crippen LogP contribution in [0.3, 0.4) is 0 Å². The second kappa shape index (κ2) is 4.50. The largest absolute Gasteiger partial charge is 0.383 e. The van der Waals surface area contributed by atoms with Crippen LogP contribution in [0.4, 0.5) is 0 Å². The summed E-state index contributed by atoms with van der Waals surface area (Å²) in [4.78, 5) is 4.81. The quantitative estimate of drug-likeness (QED) is 0.626. The van der Waals surface area contributed by atoms with Gasteiger partial charge in [-0.1, -0.05) is 13.8 Å². The zero-order valence-corrected chi connectivity index (χ0v) is 11.1. The smallest absolute Gasteiger partial charge is 0.153 e. The Hall–Kier alpha value is -0.950. The molecule has 1 aromatic rings. The normalized spacial score (nSPS) is 12.0. The van der Waals surface area contributed by atoms with Gasteiger partial charge in [0.2, 0.25) is 0 Å². The van der Waals surface area contributed by atoms with E-state index >= 15 is 0 Å². The Morgan fingerprint density at radius 3 is 2.44 bits per heavy atom. The Labute approximate surface area is 99.1 Å². The summed E-state index contributed by atoms with van der Waals surface area (Å²) in [6, 6.07) is 0. The van der Waals surface area contributed by atoms with Crippen LogP contribution in [0.2, 0.25) is 0 Å². The van der Waals surface area contributed by atoms with Crippen molar-refractivity contribution in [2.24, 2.45) is 5.73 Å². The van der Waals surface area contributed by atoms with Gasteiger partial charge in [0, 0.05) is 6.26 Å². The third-order valence-corrected chi connectivity index (χ3v) is 3.96. The molecule has 1 aromatic heterocycles. The predicted molar refractivity (Wildman–Crippen MR) is 65.8 cm³/mol. The molecule has 0 aliphatic rings. The first-order chi connectivity index (χ1) is 7.20. The number of nitrogens with zero attached hydrogens (tertiary/aromatic N) is 1. The van der Waals surface area contributed by atoms with Gasteiger partial charge in [0.15, 0.2) is 9.84 Å². The Balaban J connectivity index is 3.17. The Bertz CT molecular complexity index is 503. The Kier molecular flexibility index (Phi) is 3.69. The molecule has 0 aliphatic carbocycles. The maximum absolute atomic E-state index is 11.1. The number of aromatic nitrogens is 1. The number of hydrogen-bond acceptors (Lipinski definition) is 5. The summed E-state index contributed by atoms with van der Waals surface area (Å²) in [5.74, 6) is -0.0191. The minimum absolute atomic E-state index is 0.0547.